The number of nitrogens with one attached hydrogen (secondary N) is 1. The normalized spacial score (nSPS) is 33.9. The third-order valence-electron chi connectivity index (χ3n) is 4.87. The van der Waals surface area contributed by atoms with Gasteiger partial charge >= 0.3 is 0 Å². The van der Waals surface area contributed by atoms with Gasteiger partial charge in [0.05, 0.1) is 5.92 Å². The van der Waals surface area contributed by atoms with E-state index in [1.165, 1.54) is 19.4 Å². The Balaban J connectivity index is 0.000001000. The second-order valence-electron chi connectivity index (χ2n) is 6.17. The molecule has 0 aromatic rings. The summed E-state index contributed by atoms with van der Waals surface area (Å²) in [7, 11) is 0. The van der Waals surface area contributed by atoms with E-state index >= 15 is 0 Å². The number of nitrogens with zero attached hydrogens (tertiary/aromatic N) is 2. The molecule has 3 aliphatic rings. The fraction of sp³-hybridized carbons (Fsp3) is 0.929. The van der Waals surface area contributed by atoms with Crippen LogP contribution in [0.25, 0.3) is 0 Å². The van der Waals surface area contributed by atoms with Gasteiger partial charge in [-0.2, -0.15) is 0 Å². The van der Waals surface area contributed by atoms with Crippen molar-refractivity contribution in [1.82, 2.24) is 15.1 Å². The average Bonchev–Trinajstić information content (AvgIpc) is 2.85. The number of hydrogen-bond acceptors (Lipinski definition) is 3. The molecule has 0 aliphatic carbocycles. The number of halogens is 2. The van der Waals surface area contributed by atoms with Crippen molar-refractivity contribution in [3.05, 3.63) is 0 Å². The van der Waals surface area contributed by atoms with Crippen LogP contribution in [-0.4, -0.2) is 60.5 Å². The van der Waals surface area contributed by atoms with E-state index in [9.17, 15) is 4.79 Å². The van der Waals surface area contributed by atoms with Crippen molar-refractivity contribution in [2.75, 3.05) is 32.7 Å². The Morgan fingerprint density at radius 3 is 2.65 bits per heavy atom. The van der Waals surface area contributed by atoms with Gasteiger partial charge in [-0.25, -0.2) is 0 Å². The van der Waals surface area contributed by atoms with Gasteiger partial charge < -0.3 is 10.2 Å². The average molecular weight is 324 g/mol. The van der Waals surface area contributed by atoms with Gasteiger partial charge in [0.1, 0.15) is 0 Å². The van der Waals surface area contributed by atoms with Gasteiger partial charge in [0.25, 0.3) is 0 Å². The van der Waals surface area contributed by atoms with Crippen LogP contribution in [0, 0.1) is 5.92 Å². The third kappa shape index (κ3) is 3.59. The molecule has 3 saturated heterocycles. The van der Waals surface area contributed by atoms with E-state index in [-0.39, 0.29) is 30.7 Å². The lowest BCUT2D eigenvalue weighted by atomic mass is 9.96. The zero-order valence-corrected chi connectivity index (χ0v) is 13.8. The molecule has 3 atom stereocenters. The molecule has 4 nitrogen and oxygen atoms in total. The molecule has 1 amide bonds. The molecule has 0 bridgehead atoms. The van der Waals surface area contributed by atoms with Crippen LogP contribution >= 0.6 is 24.8 Å². The quantitative estimate of drug-likeness (QED) is 0.794. The first-order valence-electron chi connectivity index (χ1n) is 7.51. The fourth-order valence-corrected chi connectivity index (χ4v) is 3.79. The number of carbonyl (C=O) groups is 1. The summed E-state index contributed by atoms with van der Waals surface area (Å²) in [6.07, 6.45) is 4.81. The number of piperidine rings is 1. The molecule has 3 rings (SSSR count). The van der Waals surface area contributed by atoms with Crippen molar-refractivity contribution < 1.29 is 4.79 Å². The molecule has 3 unspecified atom stereocenters. The Labute approximate surface area is 134 Å². The molecule has 0 aromatic heterocycles. The summed E-state index contributed by atoms with van der Waals surface area (Å²) in [6.45, 7) is 7.46. The minimum Gasteiger partial charge on any atom is -0.337 e. The maximum Gasteiger partial charge on any atom is 0.227 e. The van der Waals surface area contributed by atoms with E-state index in [2.05, 4.69) is 22.0 Å². The summed E-state index contributed by atoms with van der Waals surface area (Å²) < 4.78 is 0. The van der Waals surface area contributed by atoms with Crippen molar-refractivity contribution in [3.8, 4) is 0 Å². The Kier molecular flexibility index (Phi) is 7.06. The molecule has 0 saturated carbocycles. The van der Waals surface area contributed by atoms with Crippen molar-refractivity contribution >= 4 is 30.7 Å². The lowest BCUT2D eigenvalue weighted by molar-refractivity contribution is -0.141. The maximum absolute atomic E-state index is 12.6. The van der Waals surface area contributed by atoms with E-state index in [0.717, 1.165) is 39.0 Å². The summed E-state index contributed by atoms with van der Waals surface area (Å²) in [5.41, 5.74) is 0. The summed E-state index contributed by atoms with van der Waals surface area (Å²) in [5, 5.41) is 3.36. The van der Waals surface area contributed by atoms with Crippen molar-refractivity contribution in [2.24, 2.45) is 5.92 Å². The Morgan fingerprint density at radius 2 is 1.95 bits per heavy atom. The first-order valence-corrected chi connectivity index (χ1v) is 7.51. The van der Waals surface area contributed by atoms with Crippen LogP contribution < -0.4 is 5.32 Å². The van der Waals surface area contributed by atoms with Crippen molar-refractivity contribution in [3.63, 3.8) is 0 Å². The number of rotatable bonds is 1. The lowest BCUT2D eigenvalue weighted by Gasteiger charge is -2.44. The molecular formula is C14H27Cl2N3O. The highest BCUT2D eigenvalue weighted by Crippen LogP contribution is 2.26. The number of hydrogen-bond donors (Lipinski definition) is 1. The van der Waals surface area contributed by atoms with Gasteiger partial charge in [-0.05, 0) is 45.7 Å². The minimum absolute atomic E-state index is 0. The molecule has 6 heteroatoms. The number of amides is 1. The number of carbonyl (C=O) groups excluding carboxylic acids is 1. The standard InChI is InChI=1S/C14H25N3O.2ClH/c1-11-9-16-7-3-5-13(16)10-17(11)14(18)12-4-2-6-15-8-12;;/h11-13,15H,2-10H2,1H3;2*1H. The van der Waals surface area contributed by atoms with Crippen molar-refractivity contribution in [2.45, 2.75) is 44.7 Å². The second-order valence-corrected chi connectivity index (χ2v) is 6.17. The molecule has 118 valence electrons. The Morgan fingerprint density at radius 1 is 1.15 bits per heavy atom. The largest absolute Gasteiger partial charge is 0.337 e. The van der Waals surface area contributed by atoms with Gasteiger partial charge in [0.15, 0.2) is 0 Å². The summed E-state index contributed by atoms with van der Waals surface area (Å²) >= 11 is 0. The van der Waals surface area contributed by atoms with Gasteiger partial charge in [0, 0.05) is 31.7 Å². The monoisotopic (exact) mass is 323 g/mol. The molecule has 20 heavy (non-hydrogen) atoms. The second kappa shape index (κ2) is 7.83. The smallest absolute Gasteiger partial charge is 0.227 e. The predicted molar refractivity (Wildman–Crippen MR) is 85.9 cm³/mol. The lowest BCUT2D eigenvalue weighted by Crippen LogP contribution is -2.58. The maximum atomic E-state index is 12.6. The topological polar surface area (TPSA) is 35.6 Å². The fourth-order valence-electron chi connectivity index (χ4n) is 3.79. The van der Waals surface area contributed by atoms with E-state index in [1.54, 1.807) is 0 Å². The first-order chi connectivity index (χ1) is 8.75. The zero-order valence-electron chi connectivity index (χ0n) is 12.2. The summed E-state index contributed by atoms with van der Waals surface area (Å²) in [5.74, 6) is 0.635. The molecular weight excluding hydrogens is 297 g/mol. The Bertz CT molecular complexity index is 324. The van der Waals surface area contributed by atoms with E-state index in [4.69, 9.17) is 0 Å². The zero-order chi connectivity index (χ0) is 12.5. The van der Waals surface area contributed by atoms with Crippen LogP contribution in [0.1, 0.15) is 32.6 Å². The highest BCUT2D eigenvalue weighted by molar-refractivity contribution is 5.85. The van der Waals surface area contributed by atoms with E-state index < -0.39 is 0 Å². The number of fused-ring (bicyclic) bond motifs is 1. The summed E-state index contributed by atoms with van der Waals surface area (Å²) in [4.78, 5) is 17.4. The van der Waals surface area contributed by atoms with E-state index in [0.29, 0.717) is 18.0 Å². The van der Waals surface area contributed by atoms with Gasteiger partial charge in [0.2, 0.25) is 5.91 Å². The molecule has 1 N–H and O–H groups in total. The van der Waals surface area contributed by atoms with Crippen molar-refractivity contribution in [1.29, 1.82) is 0 Å². The Hall–Kier alpha value is -0.0300. The minimum atomic E-state index is 0. The molecule has 3 heterocycles. The molecule has 3 fully saturated rings. The van der Waals surface area contributed by atoms with Gasteiger partial charge in [-0.1, -0.05) is 0 Å². The highest BCUT2D eigenvalue weighted by Gasteiger charge is 2.38. The van der Waals surface area contributed by atoms with Crippen LogP contribution in [0.5, 0.6) is 0 Å². The number of piperazine rings is 1. The van der Waals surface area contributed by atoms with Gasteiger partial charge in [-0.3, -0.25) is 9.69 Å². The first kappa shape index (κ1) is 18.0. The summed E-state index contributed by atoms with van der Waals surface area (Å²) in [6, 6.07) is 1.04. The van der Waals surface area contributed by atoms with Crippen LogP contribution in [-0.2, 0) is 4.79 Å². The van der Waals surface area contributed by atoms with Crippen LogP contribution in [0.15, 0.2) is 0 Å². The molecule has 0 radical (unpaired) electrons. The molecule has 0 spiro atoms. The highest BCUT2D eigenvalue weighted by atomic mass is 35.5. The SMILES string of the molecule is CC1CN2CCCC2CN1C(=O)C1CCCNC1.Cl.Cl. The molecule has 3 aliphatic heterocycles. The van der Waals surface area contributed by atoms with Crippen LogP contribution in [0.4, 0.5) is 0 Å². The van der Waals surface area contributed by atoms with Gasteiger partial charge in [-0.15, -0.1) is 24.8 Å². The third-order valence-corrected chi connectivity index (χ3v) is 4.87. The van der Waals surface area contributed by atoms with E-state index in [1.807, 2.05) is 0 Å². The van der Waals surface area contributed by atoms with Crippen LogP contribution in [0.3, 0.4) is 0 Å². The molecule has 0 aromatic carbocycles. The van der Waals surface area contributed by atoms with Crippen LogP contribution in [0.2, 0.25) is 0 Å². The predicted octanol–water partition coefficient (Wildman–Crippen LogP) is 1.52.